The van der Waals surface area contributed by atoms with E-state index in [0.29, 0.717) is 17.4 Å². The summed E-state index contributed by atoms with van der Waals surface area (Å²) in [7, 11) is -3.72. The van der Waals surface area contributed by atoms with E-state index in [2.05, 4.69) is 23.5 Å². The van der Waals surface area contributed by atoms with Gasteiger partial charge in [0.25, 0.3) is 0 Å². The second kappa shape index (κ2) is 7.34. The molecule has 2 heterocycles. The molecule has 6 nitrogen and oxygen atoms in total. The molecule has 2 unspecified atom stereocenters. The molecule has 0 aliphatic carbocycles. The largest absolute Gasteiger partial charge is 0.477 e. The van der Waals surface area contributed by atoms with Gasteiger partial charge in [0.15, 0.2) is 0 Å². The molecule has 0 radical (unpaired) electrons. The third-order valence-electron chi connectivity index (χ3n) is 4.77. The van der Waals surface area contributed by atoms with Gasteiger partial charge in [-0.3, -0.25) is 4.90 Å². The van der Waals surface area contributed by atoms with Gasteiger partial charge in [0.05, 0.1) is 0 Å². The highest BCUT2D eigenvalue weighted by Gasteiger charge is 2.34. The summed E-state index contributed by atoms with van der Waals surface area (Å²) in [5.41, 5.74) is 0.161. The summed E-state index contributed by atoms with van der Waals surface area (Å²) in [6.45, 7) is 12.4. The van der Waals surface area contributed by atoms with Gasteiger partial charge in [-0.05, 0) is 50.7 Å². The Balaban J connectivity index is 2.10. The number of rotatable bonds is 6. The number of carboxylic acids is 1. The van der Waals surface area contributed by atoms with Crippen molar-refractivity contribution >= 4 is 27.3 Å². The number of nitrogens with one attached hydrogen (secondary N) is 1. The van der Waals surface area contributed by atoms with Gasteiger partial charge in [-0.2, -0.15) is 0 Å². The number of carboxylic acid groups (broad SMARTS) is 1. The first-order valence-corrected chi connectivity index (χ1v) is 10.8. The number of thiophene rings is 1. The van der Waals surface area contributed by atoms with Crippen LogP contribution in [0.5, 0.6) is 0 Å². The van der Waals surface area contributed by atoms with Crippen LogP contribution in [-0.2, 0) is 10.0 Å². The van der Waals surface area contributed by atoms with Crippen LogP contribution in [0, 0.1) is 18.8 Å². The van der Waals surface area contributed by atoms with Gasteiger partial charge >= 0.3 is 5.97 Å². The molecular formula is C17H28N2O4S2. The molecule has 25 heavy (non-hydrogen) atoms. The summed E-state index contributed by atoms with van der Waals surface area (Å²) in [6, 6.07) is 1.43. The van der Waals surface area contributed by atoms with Crippen molar-refractivity contribution in [2.75, 3.05) is 19.6 Å². The fourth-order valence-corrected chi connectivity index (χ4v) is 6.04. The van der Waals surface area contributed by atoms with E-state index in [4.69, 9.17) is 5.11 Å². The summed E-state index contributed by atoms with van der Waals surface area (Å²) in [5, 5.41) is 9.11. The van der Waals surface area contributed by atoms with E-state index in [1.165, 1.54) is 12.5 Å². The Labute approximate surface area is 154 Å². The van der Waals surface area contributed by atoms with E-state index in [9.17, 15) is 13.2 Å². The maximum absolute atomic E-state index is 12.6. The fraction of sp³-hybridized carbons (Fsp3) is 0.706. The van der Waals surface area contributed by atoms with Gasteiger partial charge in [-0.1, -0.05) is 13.8 Å². The molecule has 1 aromatic heterocycles. The number of hydrogen-bond donors (Lipinski definition) is 2. The molecule has 0 bridgehead atoms. The number of hydrogen-bond acceptors (Lipinski definition) is 5. The van der Waals surface area contributed by atoms with Crippen LogP contribution in [0.4, 0.5) is 0 Å². The number of likely N-dealkylation sites (tertiary alicyclic amines) is 1. The summed E-state index contributed by atoms with van der Waals surface area (Å²) in [6.07, 6.45) is 1.20. The lowest BCUT2D eigenvalue weighted by molar-refractivity contribution is 0.0489. The van der Waals surface area contributed by atoms with Gasteiger partial charge in [0, 0.05) is 25.2 Å². The first kappa shape index (κ1) is 20.4. The van der Waals surface area contributed by atoms with E-state index < -0.39 is 16.0 Å². The molecule has 0 aromatic carbocycles. The monoisotopic (exact) mass is 388 g/mol. The molecule has 0 spiro atoms. The third kappa shape index (κ3) is 4.81. The highest BCUT2D eigenvalue weighted by atomic mass is 32.2. The molecule has 1 saturated heterocycles. The first-order valence-electron chi connectivity index (χ1n) is 8.51. The maximum Gasteiger partial charge on any atom is 0.346 e. The zero-order valence-electron chi connectivity index (χ0n) is 15.5. The van der Waals surface area contributed by atoms with Gasteiger partial charge in [0.2, 0.25) is 10.0 Å². The van der Waals surface area contributed by atoms with Crippen molar-refractivity contribution in [2.45, 2.75) is 50.8 Å². The molecule has 2 rings (SSSR count). The lowest BCUT2D eigenvalue weighted by atomic mass is 9.88. The molecule has 8 heteroatoms. The standard InChI is InChI=1S/C17H28N2O4S2/c1-11-6-12(2)9-19(8-11)17(4,5)10-18-25(22,23)14-7-13(3)15(24-14)16(20)21/h7,11-12,18H,6,8-10H2,1-5H3,(H,20,21). The van der Waals surface area contributed by atoms with Crippen LogP contribution in [0.1, 0.15) is 49.4 Å². The van der Waals surface area contributed by atoms with Gasteiger partial charge < -0.3 is 5.11 Å². The fourth-order valence-electron chi connectivity index (χ4n) is 3.41. The van der Waals surface area contributed by atoms with Crippen molar-refractivity contribution in [2.24, 2.45) is 11.8 Å². The lowest BCUT2D eigenvalue weighted by Crippen LogP contribution is -2.56. The van der Waals surface area contributed by atoms with Crippen LogP contribution in [0.25, 0.3) is 0 Å². The third-order valence-corrected chi connectivity index (χ3v) is 7.87. The van der Waals surface area contributed by atoms with Crippen molar-refractivity contribution in [1.82, 2.24) is 9.62 Å². The van der Waals surface area contributed by atoms with Gasteiger partial charge in [0.1, 0.15) is 9.09 Å². The van der Waals surface area contributed by atoms with Gasteiger partial charge in [-0.25, -0.2) is 17.9 Å². The second-order valence-electron chi connectivity index (χ2n) is 7.87. The molecule has 1 aliphatic rings. The lowest BCUT2D eigenvalue weighted by Gasteiger charge is -2.45. The van der Waals surface area contributed by atoms with Crippen molar-refractivity contribution in [1.29, 1.82) is 0 Å². The molecule has 142 valence electrons. The van der Waals surface area contributed by atoms with Crippen LogP contribution in [0.15, 0.2) is 10.3 Å². The summed E-state index contributed by atoms with van der Waals surface area (Å²) in [4.78, 5) is 13.5. The van der Waals surface area contributed by atoms with Crippen LogP contribution < -0.4 is 4.72 Å². The minimum Gasteiger partial charge on any atom is -0.477 e. The Kier molecular flexibility index (Phi) is 5.98. The molecule has 1 aromatic rings. The zero-order valence-corrected chi connectivity index (χ0v) is 17.1. The van der Waals surface area contributed by atoms with Crippen LogP contribution in [-0.4, -0.2) is 49.6 Å². The van der Waals surface area contributed by atoms with Crippen LogP contribution in [0.3, 0.4) is 0 Å². The Bertz CT molecular complexity index is 730. The van der Waals surface area contributed by atoms with Crippen LogP contribution in [0.2, 0.25) is 0 Å². The van der Waals surface area contributed by atoms with Crippen molar-refractivity contribution < 1.29 is 18.3 Å². The molecule has 2 atom stereocenters. The maximum atomic E-state index is 12.6. The number of aromatic carboxylic acids is 1. The highest BCUT2D eigenvalue weighted by molar-refractivity contribution is 7.91. The van der Waals surface area contributed by atoms with E-state index in [0.717, 1.165) is 24.4 Å². The number of carbonyl (C=O) groups is 1. The summed E-state index contributed by atoms with van der Waals surface area (Å²) >= 11 is 0.798. The first-order chi connectivity index (χ1) is 11.4. The number of piperidine rings is 1. The predicted molar refractivity (Wildman–Crippen MR) is 99.8 cm³/mol. The van der Waals surface area contributed by atoms with Crippen molar-refractivity contribution in [3.8, 4) is 0 Å². The molecule has 1 fully saturated rings. The van der Waals surface area contributed by atoms with Gasteiger partial charge in [-0.15, -0.1) is 11.3 Å². The average molecular weight is 389 g/mol. The minimum atomic E-state index is -3.72. The topological polar surface area (TPSA) is 86.7 Å². The Morgan fingerprint density at radius 2 is 1.92 bits per heavy atom. The molecular weight excluding hydrogens is 360 g/mol. The molecule has 0 amide bonds. The summed E-state index contributed by atoms with van der Waals surface area (Å²) in [5.74, 6) is 0.0935. The van der Waals surface area contributed by atoms with E-state index >= 15 is 0 Å². The average Bonchev–Trinajstić information content (AvgIpc) is 2.87. The minimum absolute atomic E-state index is 0.0542. The predicted octanol–water partition coefficient (Wildman–Crippen LogP) is 2.79. The highest BCUT2D eigenvalue weighted by Crippen LogP contribution is 2.29. The zero-order chi connectivity index (χ0) is 19.0. The summed E-state index contributed by atoms with van der Waals surface area (Å²) < 4.78 is 27.9. The Morgan fingerprint density at radius 3 is 2.40 bits per heavy atom. The SMILES string of the molecule is Cc1cc(S(=O)(=O)NCC(C)(C)N2CC(C)CC(C)C2)sc1C(=O)O. The normalized spacial score (nSPS) is 22.9. The van der Waals surface area contributed by atoms with Crippen LogP contribution >= 0.6 is 11.3 Å². The second-order valence-corrected chi connectivity index (χ2v) is 10.9. The van der Waals surface area contributed by atoms with E-state index in [1.807, 2.05) is 13.8 Å². The van der Waals surface area contributed by atoms with Crippen molar-refractivity contribution in [3.05, 3.63) is 16.5 Å². The van der Waals surface area contributed by atoms with E-state index in [1.54, 1.807) is 6.92 Å². The molecule has 1 aliphatic heterocycles. The molecule has 2 N–H and O–H groups in total. The number of nitrogens with zero attached hydrogens (tertiary/aromatic N) is 1. The quantitative estimate of drug-likeness (QED) is 0.782. The van der Waals surface area contributed by atoms with E-state index in [-0.39, 0.29) is 21.2 Å². The molecule has 0 saturated carbocycles. The van der Waals surface area contributed by atoms with Crippen molar-refractivity contribution in [3.63, 3.8) is 0 Å². The Hall–Kier alpha value is -0.960. The Morgan fingerprint density at radius 1 is 1.36 bits per heavy atom. The smallest absolute Gasteiger partial charge is 0.346 e. The number of aryl methyl sites for hydroxylation is 1. The number of sulfonamides is 1.